The molecule has 0 unspecified atom stereocenters. The molecule has 0 fully saturated rings. The molecule has 0 bridgehead atoms. The number of amides is 1. The summed E-state index contributed by atoms with van der Waals surface area (Å²) in [6.07, 6.45) is 3.81. The van der Waals surface area contributed by atoms with Gasteiger partial charge in [0.25, 0.3) is 0 Å². The minimum absolute atomic E-state index is 0.00395. The smallest absolute Gasteiger partial charge is 0.233 e. The number of hydrogen-bond donors (Lipinski definition) is 0. The van der Waals surface area contributed by atoms with Crippen LogP contribution < -0.4 is 9.64 Å². The molecule has 0 N–H and O–H groups in total. The first-order chi connectivity index (χ1) is 14.1. The lowest BCUT2D eigenvalue weighted by molar-refractivity contribution is -0.118. The summed E-state index contributed by atoms with van der Waals surface area (Å²) in [7, 11) is 1.63. The molecule has 6 heteroatoms. The molecule has 0 saturated heterocycles. The van der Waals surface area contributed by atoms with Crippen molar-refractivity contribution in [2.24, 2.45) is 0 Å². The van der Waals surface area contributed by atoms with E-state index in [2.05, 4.69) is 4.98 Å². The van der Waals surface area contributed by atoms with Crippen LogP contribution >= 0.6 is 11.3 Å². The van der Waals surface area contributed by atoms with Crippen molar-refractivity contribution in [2.45, 2.75) is 19.9 Å². The Morgan fingerprint density at radius 3 is 2.59 bits per heavy atom. The molecule has 0 radical (unpaired) electrons. The van der Waals surface area contributed by atoms with Crippen LogP contribution in [0.3, 0.4) is 0 Å². The standard InChI is InChI=1S/C23H21N3O2S/c1-16-5-3-7-20-22(16)25-23(29-20)26(15-18-6-4-12-24-14-18)21(27)13-17-8-10-19(28-2)11-9-17/h3-12,14H,13,15H2,1-2H3. The number of ether oxygens (including phenoxy) is 1. The topological polar surface area (TPSA) is 55.3 Å². The number of nitrogens with zero attached hydrogens (tertiary/aromatic N) is 3. The first-order valence-corrected chi connectivity index (χ1v) is 10.1. The van der Waals surface area contributed by atoms with Gasteiger partial charge in [-0.2, -0.15) is 0 Å². The summed E-state index contributed by atoms with van der Waals surface area (Å²) in [5, 5.41) is 0.705. The van der Waals surface area contributed by atoms with Gasteiger partial charge in [0.1, 0.15) is 5.75 Å². The van der Waals surface area contributed by atoms with Gasteiger partial charge in [0.05, 0.1) is 30.3 Å². The Morgan fingerprint density at radius 2 is 1.90 bits per heavy atom. The molecule has 0 saturated carbocycles. The van der Waals surface area contributed by atoms with Crippen molar-refractivity contribution in [3.05, 3.63) is 83.7 Å². The van der Waals surface area contributed by atoms with Gasteiger partial charge in [-0.3, -0.25) is 14.7 Å². The normalized spacial score (nSPS) is 10.8. The molecule has 2 aromatic carbocycles. The van der Waals surface area contributed by atoms with Crippen LogP contribution in [0.15, 0.2) is 67.0 Å². The van der Waals surface area contributed by atoms with E-state index in [0.29, 0.717) is 18.1 Å². The van der Waals surface area contributed by atoms with Crippen LogP contribution in [0, 0.1) is 6.92 Å². The maximum atomic E-state index is 13.3. The van der Waals surface area contributed by atoms with Gasteiger partial charge in [0, 0.05) is 12.4 Å². The van der Waals surface area contributed by atoms with Crippen molar-refractivity contribution in [2.75, 3.05) is 12.0 Å². The third-order valence-electron chi connectivity index (χ3n) is 4.72. The number of benzene rings is 2. The molecule has 0 spiro atoms. The van der Waals surface area contributed by atoms with Gasteiger partial charge in [-0.25, -0.2) is 4.98 Å². The van der Waals surface area contributed by atoms with Crippen molar-refractivity contribution >= 4 is 32.6 Å². The van der Waals surface area contributed by atoms with Crippen LogP contribution in [-0.4, -0.2) is 23.0 Å². The zero-order chi connectivity index (χ0) is 20.2. The summed E-state index contributed by atoms with van der Waals surface area (Å²) in [5.74, 6) is 0.769. The van der Waals surface area contributed by atoms with Crippen LogP contribution in [0.4, 0.5) is 5.13 Å². The highest BCUT2D eigenvalue weighted by Crippen LogP contribution is 2.32. The van der Waals surface area contributed by atoms with Gasteiger partial charge < -0.3 is 4.74 Å². The highest BCUT2D eigenvalue weighted by atomic mass is 32.1. The SMILES string of the molecule is COc1ccc(CC(=O)N(Cc2cccnc2)c2nc3c(C)cccc3s2)cc1. The number of carbonyl (C=O) groups excluding carboxylic acids is 1. The molecule has 2 heterocycles. The summed E-state index contributed by atoms with van der Waals surface area (Å²) in [4.78, 5) is 24.0. The van der Waals surface area contributed by atoms with Gasteiger partial charge in [-0.1, -0.05) is 41.7 Å². The van der Waals surface area contributed by atoms with Crippen LogP contribution in [0.25, 0.3) is 10.2 Å². The summed E-state index contributed by atoms with van der Waals surface area (Å²) in [6.45, 7) is 2.47. The number of aromatic nitrogens is 2. The molecule has 0 atom stereocenters. The monoisotopic (exact) mass is 403 g/mol. The predicted octanol–water partition coefficient (Wildman–Crippen LogP) is 4.78. The zero-order valence-corrected chi connectivity index (χ0v) is 17.1. The van der Waals surface area contributed by atoms with Gasteiger partial charge in [-0.05, 0) is 47.9 Å². The summed E-state index contributed by atoms with van der Waals surface area (Å²) in [6, 6.07) is 17.5. The molecule has 0 aliphatic rings. The third kappa shape index (κ3) is 4.27. The molecule has 2 aromatic heterocycles. The summed E-state index contributed by atoms with van der Waals surface area (Å²) in [5.41, 5.74) is 3.95. The van der Waals surface area contributed by atoms with E-state index < -0.39 is 0 Å². The number of carbonyl (C=O) groups is 1. The van der Waals surface area contributed by atoms with E-state index in [1.165, 1.54) is 11.3 Å². The van der Waals surface area contributed by atoms with Crippen molar-refractivity contribution in [3.63, 3.8) is 0 Å². The fourth-order valence-corrected chi connectivity index (χ4v) is 4.20. The summed E-state index contributed by atoms with van der Waals surface area (Å²) >= 11 is 1.54. The Bertz CT molecular complexity index is 1120. The molecular weight excluding hydrogens is 382 g/mol. The van der Waals surface area contributed by atoms with Crippen LogP contribution in [0.1, 0.15) is 16.7 Å². The van der Waals surface area contributed by atoms with Gasteiger partial charge in [0.2, 0.25) is 5.91 Å². The number of fused-ring (bicyclic) bond motifs is 1. The number of pyridine rings is 1. The molecule has 1 amide bonds. The van der Waals surface area contributed by atoms with Gasteiger partial charge in [0.15, 0.2) is 5.13 Å². The molecule has 4 rings (SSSR count). The highest BCUT2D eigenvalue weighted by molar-refractivity contribution is 7.22. The Labute approximate surface area is 173 Å². The number of rotatable bonds is 6. The van der Waals surface area contributed by atoms with Gasteiger partial charge >= 0.3 is 0 Å². The first-order valence-electron chi connectivity index (χ1n) is 9.32. The maximum absolute atomic E-state index is 13.3. The predicted molar refractivity (Wildman–Crippen MR) is 116 cm³/mol. The third-order valence-corrected chi connectivity index (χ3v) is 5.76. The average Bonchev–Trinajstić information content (AvgIpc) is 3.18. The van der Waals surface area contributed by atoms with E-state index in [1.54, 1.807) is 24.4 Å². The second kappa shape index (κ2) is 8.41. The minimum Gasteiger partial charge on any atom is -0.497 e. The van der Waals surface area contributed by atoms with Crippen molar-refractivity contribution in [1.82, 2.24) is 9.97 Å². The maximum Gasteiger partial charge on any atom is 0.233 e. The molecule has 0 aliphatic heterocycles. The average molecular weight is 404 g/mol. The zero-order valence-electron chi connectivity index (χ0n) is 16.3. The van der Waals surface area contributed by atoms with E-state index in [0.717, 1.165) is 32.7 Å². The Balaban J connectivity index is 1.66. The Kier molecular flexibility index (Phi) is 5.53. The second-order valence-corrected chi connectivity index (χ2v) is 7.79. The Hall–Kier alpha value is -3.25. The van der Waals surface area contributed by atoms with Gasteiger partial charge in [-0.15, -0.1) is 0 Å². The molecule has 146 valence electrons. The van der Waals surface area contributed by atoms with E-state index in [1.807, 2.05) is 61.5 Å². The van der Waals surface area contributed by atoms with E-state index in [4.69, 9.17) is 9.72 Å². The molecule has 29 heavy (non-hydrogen) atoms. The van der Waals surface area contributed by atoms with E-state index in [-0.39, 0.29) is 5.91 Å². The highest BCUT2D eigenvalue weighted by Gasteiger charge is 2.21. The fraction of sp³-hybridized carbons (Fsp3) is 0.174. The number of para-hydroxylation sites is 1. The van der Waals surface area contributed by atoms with Crippen LogP contribution in [-0.2, 0) is 17.8 Å². The fourth-order valence-electron chi connectivity index (χ4n) is 3.14. The molecule has 4 aromatic rings. The lowest BCUT2D eigenvalue weighted by Crippen LogP contribution is -2.31. The van der Waals surface area contributed by atoms with Crippen molar-refractivity contribution < 1.29 is 9.53 Å². The number of methoxy groups -OCH3 is 1. The molecule has 0 aliphatic carbocycles. The first kappa shape index (κ1) is 19.1. The molecular formula is C23H21N3O2S. The van der Waals surface area contributed by atoms with Crippen LogP contribution in [0.2, 0.25) is 0 Å². The number of aryl methyl sites for hydroxylation is 1. The van der Waals surface area contributed by atoms with Crippen LogP contribution in [0.5, 0.6) is 5.75 Å². The van der Waals surface area contributed by atoms with E-state index in [9.17, 15) is 4.79 Å². The lowest BCUT2D eigenvalue weighted by Gasteiger charge is -2.20. The Morgan fingerprint density at radius 1 is 1.07 bits per heavy atom. The number of anilines is 1. The molecule has 5 nitrogen and oxygen atoms in total. The van der Waals surface area contributed by atoms with Crippen molar-refractivity contribution in [1.29, 1.82) is 0 Å². The quantitative estimate of drug-likeness (QED) is 0.465. The van der Waals surface area contributed by atoms with Crippen molar-refractivity contribution in [3.8, 4) is 5.75 Å². The second-order valence-electron chi connectivity index (χ2n) is 6.78. The summed E-state index contributed by atoms with van der Waals surface area (Å²) < 4.78 is 6.28. The largest absolute Gasteiger partial charge is 0.497 e. The number of thiazole rings is 1. The minimum atomic E-state index is -0.00395. The van der Waals surface area contributed by atoms with E-state index >= 15 is 0 Å². The number of hydrogen-bond acceptors (Lipinski definition) is 5. The lowest BCUT2D eigenvalue weighted by atomic mass is 10.1.